The minimum atomic E-state index is -1.07. The molecule has 1 atom stereocenters. The van der Waals surface area contributed by atoms with Gasteiger partial charge in [0.15, 0.2) is 0 Å². The monoisotopic (exact) mass is 248 g/mol. The molecule has 0 heterocycles. The maximum absolute atomic E-state index is 11.2. The van der Waals surface area contributed by atoms with Gasteiger partial charge in [0.2, 0.25) is 12.3 Å². The van der Waals surface area contributed by atoms with Crippen LogP contribution in [0.25, 0.3) is 0 Å². The Kier molecular flexibility index (Phi) is 7.36. The predicted octanol–water partition coefficient (Wildman–Crippen LogP) is -0.603. The van der Waals surface area contributed by atoms with Gasteiger partial charge in [-0.1, -0.05) is 0 Å². The van der Waals surface area contributed by atoms with Gasteiger partial charge in [-0.3, -0.25) is 9.59 Å². The Morgan fingerprint density at radius 2 is 2.12 bits per heavy atom. The molecule has 0 aromatic heterocycles. The molecule has 0 aromatic rings. The second-order valence-corrected chi connectivity index (χ2v) is 4.44. The Balaban J connectivity index is 3.74. The molecule has 7 heteroatoms. The summed E-state index contributed by atoms with van der Waals surface area (Å²) in [4.78, 5) is 33.4. The van der Waals surface area contributed by atoms with Crippen LogP contribution in [-0.2, 0) is 14.4 Å². The molecule has 0 saturated heterocycles. The van der Waals surface area contributed by atoms with Crippen molar-refractivity contribution in [3.05, 3.63) is 0 Å². The van der Waals surface area contributed by atoms with Crippen molar-refractivity contribution in [3.8, 4) is 0 Å². The van der Waals surface area contributed by atoms with Gasteiger partial charge in [0.1, 0.15) is 6.04 Å². The maximum atomic E-state index is 11.2. The number of rotatable bonds is 8. The van der Waals surface area contributed by atoms with Crippen molar-refractivity contribution >= 4 is 30.0 Å². The van der Waals surface area contributed by atoms with Crippen LogP contribution in [-0.4, -0.2) is 59.9 Å². The summed E-state index contributed by atoms with van der Waals surface area (Å²) in [6, 6.07) is -0.892. The van der Waals surface area contributed by atoms with Gasteiger partial charge in [-0.25, -0.2) is 4.79 Å². The number of carbonyl (C=O) groups is 3. The van der Waals surface area contributed by atoms with E-state index in [-0.39, 0.29) is 11.7 Å². The molecule has 0 aliphatic carbocycles. The van der Waals surface area contributed by atoms with Crippen LogP contribution in [0.5, 0.6) is 0 Å². The van der Waals surface area contributed by atoms with E-state index in [2.05, 4.69) is 5.32 Å². The number of aliphatic carboxylic acids is 1. The first kappa shape index (κ1) is 14.8. The lowest BCUT2D eigenvalue weighted by molar-refractivity contribution is -0.139. The Labute approximate surface area is 98.4 Å². The SMILES string of the molecule is CN(C)C(=O)CCSCC(NC=O)C(=O)O. The molecule has 0 aliphatic rings. The molecule has 0 aliphatic heterocycles. The molecular weight excluding hydrogens is 232 g/mol. The first-order valence-electron chi connectivity index (χ1n) is 4.69. The third-order valence-corrected chi connectivity index (χ3v) is 2.87. The lowest BCUT2D eigenvalue weighted by atomic mass is 10.3. The van der Waals surface area contributed by atoms with E-state index in [4.69, 9.17) is 5.11 Å². The summed E-state index contributed by atoms with van der Waals surface area (Å²) in [5.74, 6) is -0.267. The van der Waals surface area contributed by atoms with Crippen molar-refractivity contribution < 1.29 is 19.5 Å². The Hall–Kier alpha value is -1.24. The molecule has 0 fully saturated rings. The van der Waals surface area contributed by atoms with Gasteiger partial charge < -0.3 is 15.3 Å². The topological polar surface area (TPSA) is 86.7 Å². The van der Waals surface area contributed by atoms with Crippen LogP contribution in [0.15, 0.2) is 0 Å². The zero-order valence-corrected chi connectivity index (χ0v) is 10.1. The third-order valence-electron chi connectivity index (χ3n) is 1.81. The van der Waals surface area contributed by atoms with Crippen molar-refractivity contribution in [2.24, 2.45) is 0 Å². The number of hydrogen-bond acceptors (Lipinski definition) is 4. The second kappa shape index (κ2) is 7.98. The Morgan fingerprint density at radius 1 is 1.50 bits per heavy atom. The molecule has 92 valence electrons. The summed E-state index contributed by atoms with van der Waals surface area (Å²) in [6.45, 7) is 0. The van der Waals surface area contributed by atoms with Crippen LogP contribution < -0.4 is 5.32 Å². The van der Waals surface area contributed by atoms with E-state index in [9.17, 15) is 14.4 Å². The van der Waals surface area contributed by atoms with Crippen molar-refractivity contribution in [1.29, 1.82) is 0 Å². The number of thioether (sulfide) groups is 1. The number of nitrogens with zero attached hydrogens (tertiary/aromatic N) is 1. The summed E-state index contributed by atoms with van der Waals surface area (Å²) >= 11 is 1.33. The fourth-order valence-electron chi connectivity index (χ4n) is 0.857. The van der Waals surface area contributed by atoms with E-state index in [1.54, 1.807) is 14.1 Å². The van der Waals surface area contributed by atoms with Gasteiger partial charge in [0, 0.05) is 32.0 Å². The number of carboxylic acids is 1. The zero-order valence-electron chi connectivity index (χ0n) is 9.30. The van der Waals surface area contributed by atoms with Crippen molar-refractivity contribution in [3.63, 3.8) is 0 Å². The quantitative estimate of drug-likeness (QED) is 0.442. The molecule has 0 saturated carbocycles. The smallest absolute Gasteiger partial charge is 0.327 e. The van der Waals surface area contributed by atoms with Crippen molar-refractivity contribution in [1.82, 2.24) is 10.2 Å². The number of carbonyl (C=O) groups excluding carboxylic acids is 2. The summed E-state index contributed by atoms with van der Waals surface area (Å²) in [5, 5.41) is 10.9. The van der Waals surface area contributed by atoms with E-state index >= 15 is 0 Å². The fourth-order valence-corrected chi connectivity index (χ4v) is 1.82. The number of amides is 2. The molecule has 2 N–H and O–H groups in total. The minimum Gasteiger partial charge on any atom is -0.480 e. The maximum Gasteiger partial charge on any atom is 0.327 e. The number of carboxylic acid groups (broad SMARTS) is 1. The Morgan fingerprint density at radius 3 is 2.56 bits per heavy atom. The standard InChI is InChI=1S/C9H16N2O4S/c1-11(2)8(13)3-4-16-5-7(9(14)15)10-6-12/h6-7H,3-5H2,1-2H3,(H,10,12)(H,14,15). The van der Waals surface area contributed by atoms with Crippen LogP contribution in [0.4, 0.5) is 0 Å². The van der Waals surface area contributed by atoms with E-state index in [1.807, 2.05) is 0 Å². The lowest BCUT2D eigenvalue weighted by Gasteiger charge is -2.12. The molecule has 0 aromatic carbocycles. The molecule has 0 spiro atoms. The van der Waals surface area contributed by atoms with Crippen LogP contribution >= 0.6 is 11.8 Å². The van der Waals surface area contributed by atoms with Crippen molar-refractivity contribution in [2.45, 2.75) is 12.5 Å². The normalized spacial score (nSPS) is 11.6. The van der Waals surface area contributed by atoms with Crippen LogP contribution in [0, 0.1) is 0 Å². The molecule has 2 amide bonds. The molecule has 1 unspecified atom stereocenters. The highest BCUT2D eigenvalue weighted by atomic mass is 32.2. The summed E-state index contributed by atoms with van der Waals surface area (Å²) in [5.41, 5.74) is 0. The number of nitrogens with one attached hydrogen (secondary N) is 1. The van der Waals surface area contributed by atoms with Gasteiger partial charge in [-0.15, -0.1) is 0 Å². The third kappa shape index (κ3) is 6.28. The summed E-state index contributed by atoms with van der Waals surface area (Å²) in [7, 11) is 3.34. The first-order chi connectivity index (χ1) is 7.49. The van der Waals surface area contributed by atoms with E-state index in [1.165, 1.54) is 16.7 Å². The van der Waals surface area contributed by atoms with E-state index in [0.717, 1.165) is 0 Å². The first-order valence-corrected chi connectivity index (χ1v) is 5.85. The van der Waals surface area contributed by atoms with Crippen LogP contribution in [0.1, 0.15) is 6.42 Å². The molecular formula is C9H16N2O4S. The average Bonchev–Trinajstić information content (AvgIpc) is 2.21. The average molecular weight is 248 g/mol. The van der Waals surface area contributed by atoms with E-state index < -0.39 is 12.0 Å². The highest BCUT2D eigenvalue weighted by Gasteiger charge is 2.16. The van der Waals surface area contributed by atoms with Gasteiger partial charge in [-0.2, -0.15) is 11.8 Å². The molecule has 0 radical (unpaired) electrons. The highest BCUT2D eigenvalue weighted by Crippen LogP contribution is 2.06. The molecule has 16 heavy (non-hydrogen) atoms. The largest absolute Gasteiger partial charge is 0.480 e. The Bertz CT molecular complexity index is 258. The van der Waals surface area contributed by atoms with Gasteiger partial charge >= 0.3 is 5.97 Å². The van der Waals surface area contributed by atoms with Gasteiger partial charge in [0.05, 0.1) is 0 Å². The molecule has 0 bridgehead atoms. The fraction of sp³-hybridized carbons (Fsp3) is 0.667. The van der Waals surface area contributed by atoms with Crippen LogP contribution in [0.2, 0.25) is 0 Å². The van der Waals surface area contributed by atoms with Gasteiger partial charge in [0.25, 0.3) is 0 Å². The van der Waals surface area contributed by atoms with Crippen LogP contribution in [0.3, 0.4) is 0 Å². The summed E-state index contributed by atoms with van der Waals surface area (Å²) in [6.07, 6.45) is 0.732. The van der Waals surface area contributed by atoms with Crippen molar-refractivity contribution in [2.75, 3.05) is 25.6 Å². The molecule has 0 rings (SSSR count). The molecule has 6 nitrogen and oxygen atoms in total. The summed E-state index contributed by atoms with van der Waals surface area (Å²) < 4.78 is 0. The number of hydrogen-bond donors (Lipinski definition) is 2. The lowest BCUT2D eigenvalue weighted by Crippen LogP contribution is -2.38. The zero-order chi connectivity index (χ0) is 12.6. The predicted molar refractivity (Wildman–Crippen MR) is 61.3 cm³/mol. The van der Waals surface area contributed by atoms with E-state index in [0.29, 0.717) is 18.6 Å². The highest BCUT2D eigenvalue weighted by molar-refractivity contribution is 7.99. The minimum absolute atomic E-state index is 0.00252. The second-order valence-electron chi connectivity index (χ2n) is 3.29. The van der Waals surface area contributed by atoms with Gasteiger partial charge in [-0.05, 0) is 0 Å².